The molecule has 0 heterocycles. The Balaban J connectivity index is 2.12. The first-order valence-corrected chi connectivity index (χ1v) is 6.30. The molecule has 1 rings (SSSR count). The Hall–Kier alpha value is -0.650. The monoisotopic (exact) mass is 273 g/mol. The minimum absolute atomic E-state index is 0.283. The summed E-state index contributed by atoms with van der Waals surface area (Å²) in [4.78, 5) is 0. The summed E-state index contributed by atoms with van der Waals surface area (Å²) in [6.45, 7) is 2.54. The molecule has 0 saturated carbocycles. The number of hydrogen-bond donors (Lipinski definition) is 2. The number of nitrogens with one attached hydrogen (secondary N) is 1. The second-order valence-electron chi connectivity index (χ2n) is 3.96. The maximum Gasteiger partial charge on any atom is 0.0897 e. The van der Waals surface area contributed by atoms with Crippen LogP contribution in [0.3, 0.4) is 0 Å². The van der Waals surface area contributed by atoms with Crippen molar-refractivity contribution in [2.75, 3.05) is 33.4 Å². The zero-order valence-corrected chi connectivity index (χ0v) is 11.3. The van der Waals surface area contributed by atoms with Crippen LogP contribution in [0.15, 0.2) is 24.3 Å². The number of rotatable bonds is 9. The third kappa shape index (κ3) is 6.33. The van der Waals surface area contributed by atoms with Gasteiger partial charge in [-0.2, -0.15) is 0 Å². The Bertz CT molecular complexity index is 336. The molecule has 0 amide bonds. The van der Waals surface area contributed by atoms with Crippen LogP contribution in [0, 0.1) is 0 Å². The van der Waals surface area contributed by atoms with Crippen molar-refractivity contribution in [2.45, 2.75) is 12.7 Å². The van der Waals surface area contributed by atoms with E-state index in [1.54, 1.807) is 7.11 Å². The number of benzene rings is 1. The van der Waals surface area contributed by atoms with Crippen molar-refractivity contribution < 1.29 is 14.6 Å². The number of halogens is 1. The van der Waals surface area contributed by atoms with Gasteiger partial charge < -0.3 is 19.9 Å². The van der Waals surface area contributed by atoms with Crippen molar-refractivity contribution >= 4 is 11.6 Å². The molecule has 0 spiro atoms. The fourth-order valence-corrected chi connectivity index (χ4v) is 1.61. The molecule has 18 heavy (non-hydrogen) atoms. The van der Waals surface area contributed by atoms with Gasteiger partial charge in [-0.3, -0.25) is 0 Å². The van der Waals surface area contributed by atoms with Gasteiger partial charge in [0.15, 0.2) is 0 Å². The largest absolute Gasteiger partial charge is 0.389 e. The SMILES string of the molecule is COCCNCC(O)COCc1ccccc1Cl. The summed E-state index contributed by atoms with van der Waals surface area (Å²) in [5.41, 5.74) is 0.929. The van der Waals surface area contributed by atoms with E-state index >= 15 is 0 Å². The molecule has 1 unspecified atom stereocenters. The Morgan fingerprint density at radius 2 is 2.17 bits per heavy atom. The smallest absolute Gasteiger partial charge is 0.0897 e. The van der Waals surface area contributed by atoms with Crippen LogP contribution < -0.4 is 5.32 Å². The summed E-state index contributed by atoms with van der Waals surface area (Å²) in [7, 11) is 1.64. The topological polar surface area (TPSA) is 50.7 Å². The Morgan fingerprint density at radius 1 is 1.39 bits per heavy atom. The van der Waals surface area contributed by atoms with Gasteiger partial charge in [-0.1, -0.05) is 29.8 Å². The van der Waals surface area contributed by atoms with Gasteiger partial charge in [0.1, 0.15) is 0 Å². The van der Waals surface area contributed by atoms with Crippen LogP contribution in [0.25, 0.3) is 0 Å². The zero-order valence-electron chi connectivity index (χ0n) is 10.6. The molecule has 1 aromatic carbocycles. The highest BCUT2D eigenvalue weighted by atomic mass is 35.5. The van der Waals surface area contributed by atoms with Gasteiger partial charge in [-0.15, -0.1) is 0 Å². The highest BCUT2D eigenvalue weighted by molar-refractivity contribution is 6.31. The lowest BCUT2D eigenvalue weighted by molar-refractivity contribution is 0.0282. The van der Waals surface area contributed by atoms with Crippen LogP contribution in [0.5, 0.6) is 0 Å². The fourth-order valence-electron chi connectivity index (χ4n) is 1.42. The van der Waals surface area contributed by atoms with Gasteiger partial charge in [0.25, 0.3) is 0 Å². The second-order valence-corrected chi connectivity index (χ2v) is 4.36. The molecule has 0 aliphatic carbocycles. The molecule has 4 nitrogen and oxygen atoms in total. The molecule has 1 aromatic rings. The average molecular weight is 274 g/mol. The first-order valence-electron chi connectivity index (χ1n) is 5.93. The minimum Gasteiger partial charge on any atom is -0.389 e. The van der Waals surface area contributed by atoms with Crippen LogP contribution in [0.1, 0.15) is 5.56 Å². The van der Waals surface area contributed by atoms with E-state index in [-0.39, 0.29) is 6.61 Å². The van der Waals surface area contributed by atoms with Crippen molar-refractivity contribution in [1.82, 2.24) is 5.32 Å². The molecule has 0 saturated heterocycles. The summed E-state index contributed by atoms with van der Waals surface area (Å²) in [5.74, 6) is 0. The lowest BCUT2D eigenvalue weighted by Crippen LogP contribution is -2.32. The van der Waals surface area contributed by atoms with E-state index in [2.05, 4.69) is 5.32 Å². The van der Waals surface area contributed by atoms with E-state index in [4.69, 9.17) is 21.1 Å². The molecule has 2 N–H and O–H groups in total. The molecule has 0 aromatic heterocycles. The van der Waals surface area contributed by atoms with E-state index in [9.17, 15) is 5.11 Å². The number of aliphatic hydroxyl groups is 1. The van der Waals surface area contributed by atoms with Crippen molar-refractivity contribution in [3.8, 4) is 0 Å². The summed E-state index contributed by atoms with van der Waals surface area (Å²) in [6.07, 6.45) is -0.524. The molecule has 1 atom stereocenters. The minimum atomic E-state index is -0.524. The quantitative estimate of drug-likeness (QED) is 0.669. The molecular weight excluding hydrogens is 254 g/mol. The highest BCUT2D eigenvalue weighted by Gasteiger charge is 2.05. The van der Waals surface area contributed by atoms with Gasteiger partial charge in [0.2, 0.25) is 0 Å². The molecule has 102 valence electrons. The molecule has 0 aliphatic rings. The third-order valence-corrected chi connectivity index (χ3v) is 2.76. The van der Waals surface area contributed by atoms with E-state index in [1.807, 2.05) is 24.3 Å². The predicted molar refractivity (Wildman–Crippen MR) is 71.9 cm³/mol. The Kier molecular flexibility index (Phi) is 7.96. The van der Waals surface area contributed by atoms with Crippen LogP contribution in [0.4, 0.5) is 0 Å². The normalized spacial score (nSPS) is 12.6. The highest BCUT2D eigenvalue weighted by Crippen LogP contribution is 2.15. The van der Waals surface area contributed by atoms with Crippen molar-refractivity contribution in [2.24, 2.45) is 0 Å². The Morgan fingerprint density at radius 3 is 2.89 bits per heavy atom. The van der Waals surface area contributed by atoms with Gasteiger partial charge in [0.05, 0.1) is 25.9 Å². The van der Waals surface area contributed by atoms with E-state index in [1.165, 1.54) is 0 Å². The molecule has 0 bridgehead atoms. The predicted octanol–water partition coefficient (Wildman–Crippen LogP) is 1.45. The summed E-state index contributed by atoms with van der Waals surface area (Å²) in [6, 6.07) is 7.52. The summed E-state index contributed by atoms with van der Waals surface area (Å²) < 4.78 is 10.3. The number of hydrogen-bond acceptors (Lipinski definition) is 4. The first kappa shape index (κ1) is 15.4. The number of aliphatic hydroxyl groups excluding tert-OH is 1. The third-order valence-electron chi connectivity index (χ3n) is 2.39. The zero-order chi connectivity index (χ0) is 13.2. The van der Waals surface area contributed by atoms with Crippen LogP contribution in [0.2, 0.25) is 5.02 Å². The maximum absolute atomic E-state index is 9.63. The van der Waals surface area contributed by atoms with Gasteiger partial charge in [0, 0.05) is 25.2 Å². The number of ether oxygens (including phenoxy) is 2. The average Bonchev–Trinajstić information content (AvgIpc) is 2.37. The van der Waals surface area contributed by atoms with Crippen LogP contribution in [-0.2, 0) is 16.1 Å². The number of methoxy groups -OCH3 is 1. The lowest BCUT2D eigenvalue weighted by Gasteiger charge is -2.12. The van der Waals surface area contributed by atoms with Crippen LogP contribution in [-0.4, -0.2) is 44.6 Å². The van der Waals surface area contributed by atoms with Crippen LogP contribution >= 0.6 is 11.6 Å². The van der Waals surface area contributed by atoms with E-state index in [0.29, 0.717) is 24.8 Å². The maximum atomic E-state index is 9.63. The molecule has 0 radical (unpaired) electrons. The Labute approximate surface area is 113 Å². The second kappa shape index (κ2) is 9.30. The standard InChI is InChI=1S/C13H20ClNO3/c1-17-7-6-15-8-12(16)10-18-9-11-4-2-3-5-13(11)14/h2-5,12,15-16H,6-10H2,1H3. The van der Waals surface area contributed by atoms with Crippen molar-refractivity contribution in [3.05, 3.63) is 34.9 Å². The molecule has 0 aliphatic heterocycles. The van der Waals surface area contributed by atoms with Gasteiger partial charge in [-0.25, -0.2) is 0 Å². The summed E-state index contributed by atoms with van der Waals surface area (Å²) >= 11 is 5.99. The molecule has 0 fully saturated rings. The lowest BCUT2D eigenvalue weighted by atomic mass is 10.2. The van der Waals surface area contributed by atoms with E-state index in [0.717, 1.165) is 12.1 Å². The molecular formula is C13H20ClNO3. The van der Waals surface area contributed by atoms with Gasteiger partial charge >= 0.3 is 0 Å². The van der Waals surface area contributed by atoms with Crippen molar-refractivity contribution in [3.63, 3.8) is 0 Å². The fraction of sp³-hybridized carbons (Fsp3) is 0.538. The van der Waals surface area contributed by atoms with Crippen molar-refractivity contribution in [1.29, 1.82) is 0 Å². The molecule has 5 heteroatoms. The summed E-state index contributed by atoms with van der Waals surface area (Å²) in [5, 5.41) is 13.4. The van der Waals surface area contributed by atoms with Gasteiger partial charge in [-0.05, 0) is 11.6 Å². The van der Waals surface area contributed by atoms with E-state index < -0.39 is 6.10 Å². The first-order chi connectivity index (χ1) is 8.74.